The van der Waals surface area contributed by atoms with Crippen LogP contribution in [0.25, 0.3) is 0 Å². The molecule has 0 fully saturated rings. The summed E-state index contributed by atoms with van der Waals surface area (Å²) in [5, 5.41) is 6.82. The third-order valence-electron chi connectivity index (χ3n) is 1.77. The second-order valence-electron chi connectivity index (χ2n) is 3.77. The molecule has 0 aliphatic carbocycles. The second kappa shape index (κ2) is 8.48. The van der Waals surface area contributed by atoms with E-state index in [1.165, 1.54) is 0 Å². The first-order valence-electron chi connectivity index (χ1n) is 5.12. The van der Waals surface area contributed by atoms with E-state index in [2.05, 4.69) is 31.4 Å². The van der Waals surface area contributed by atoms with E-state index < -0.39 is 0 Å². The Morgan fingerprint density at radius 3 is 2.46 bits per heavy atom. The quantitative estimate of drug-likeness (QED) is 0.558. The Balaban J connectivity index is 3.12. The van der Waals surface area contributed by atoms with Gasteiger partial charge in [0.25, 0.3) is 0 Å². The molecule has 0 aliphatic rings. The van der Waals surface area contributed by atoms with Crippen LogP contribution < -0.4 is 10.6 Å². The maximum absolute atomic E-state index is 4.96. The highest BCUT2D eigenvalue weighted by Crippen LogP contribution is 1.84. The lowest BCUT2D eigenvalue weighted by Crippen LogP contribution is -2.40. The lowest BCUT2D eigenvalue weighted by atomic mass is 10.3. The van der Waals surface area contributed by atoms with Gasteiger partial charge in [0, 0.05) is 32.3 Å². The molecule has 0 aromatic carbocycles. The molecule has 0 amide bonds. The van der Waals surface area contributed by atoms with Crippen molar-refractivity contribution in [2.75, 3.05) is 26.8 Å². The van der Waals surface area contributed by atoms with Crippen molar-refractivity contribution in [3.63, 3.8) is 0 Å². The summed E-state index contributed by atoms with van der Waals surface area (Å²) in [4.78, 5) is 0. The van der Waals surface area contributed by atoms with Gasteiger partial charge < -0.3 is 15.4 Å². The number of hydrogen-bond acceptors (Lipinski definition) is 3. The molecule has 0 saturated heterocycles. The van der Waals surface area contributed by atoms with E-state index >= 15 is 0 Å². The summed E-state index contributed by atoms with van der Waals surface area (Å²) >= 11 is 0. The minimum absolute atomic E-state index is 0.544. The predicted molar refractivity (Wildman–Crippen MR) is 57.1 cm³/mol. The molecule has 0 saturated carbocycles. The lowest BCUT2D eigenvalue weighted by molar-refractivity contribution is 0.194. The molecule has 0 spiro atoms. The van der Waals surface area contributed by atoms with Gasteiger partial charge in [-0.05, 0) is 19.9 Å². The van der Waals surface area contributed by atoms with E-state index in [0.29, 0.717) is 12.1 Å². The summed E-state index contributed by atoms with van der Waals surface area (Å²) in [5.41, 5.74) is 0. The first-order chi connectivity index (χ1) is 6.16. The summed E-state index contributed by atoms with van der Waals surface area (Å²) in [6, 6.07) is 1.11. The maximum Gasteiger partial charge on any atom is 0.0474 e. The summed E-state index contributed by atoms with van der Waals surface area (Å²) in [6.45, 7) is 9.45. The zero-order chi connectivity index (χ0) is 10.1. The van der Waals surface area contributed by atoms with Crippen LogP contribution in [-0.2, 0) is 4.74 Å². The molecule has 0 aliphatic heterocycles. The van der Waals surface area contributed by atoms with Crippen molar-refractivity contribution in [2.24, 2.45) is 0 Å². The third kappa shape index (κ3) is 9.80. The van der Waals surface area contributed by atoms with E-state index in [1.807, 2.05) is 0 Å². The molecule has 0 radical (unpaired) electrons. The molecule has 0 rings (SSSR count). The van der Waals surface area contributed by atoms with Gasteiger partial charge in [-0.1, -0.05) is 13.8 Å². The lowest BCUT2D eigenvalue weighted by Gasteiger charge is -2.17. The van der Waals surface area contributed by atoms with Crippen molar-refractivity contribution >= 4 is 0 Å². The second-order valence-corrected chi connectivity index (χ2v) is 3.77. The molecule has 1 unspecified atom stereocenters. The van der Waals surface area contributed by atoms with Crippen LogP contribution in [0, 0.1) is 0 Å². The summed E-state index contributed by atoms with van der Waals surface area (Å²) in [6.07, 6.45) is 1.09. The highest BCUT2D eigenvalue weighted by Gasteiger charge is 2.01. The Labute approximate surface area is 82.2 Å². The van der Waals surface area contributed by atoms with Gasteiger partial charge in [0.1, 0.15) is 0 Å². The third-order valence-corrected chi connectivity index (χ3v) is 1.77. The van der Waals surface area contributed by atoms with Gasteiger partial charge in [-0.15, -0.1) is 0 Å². The van der Waals surface area contributed by atoms with Crippen LogP contribution >= 0.6 is 0 Å². The molecule has 1 atom stereocenters. The van der Waals surface area contributed by atoms with E-state index in [9.17, 15) is 0 Å². The number of methoxy groups -OCH3 is 1. The van der Waals surface area contributed by atoms with Crippen LogP contribution in [0.3, 0.4) is 0 Å². The highest BCUT2D eigenvalue weighted by molar-refractivity contribution is 4.66. The Morgan fingerprint density at radius 1 is 1.23 bits per heavy atom. The standard InChI is InChI=1S/C10H24N2O/c1-9(2)12-10(3)8-11-6-5-7-13-4/h9-12H,5-8H2,1-4H3. The van der Waals surface area contributed by atoms with E-state index in [-0.39, 0.29) is 0 Å². The van der Waals surface area contributed by atoms with Gasteiger partial charge >= 0.3 is 0 Å². The molecule has 80 valence electrons. The highest BCUT2D eigenvalue weighted by atomic mass is 16.5. The molecule has 13 heavy (non-hydrogen) atoms. The first kappa shape index (κ1) is 12.9. The normalized spacial score (nSPS) is 13.6. The van der Waals surface area contributed by atoms with Crippen LogP contribution in [-0.4, -0.2) is 38.9 Å². The van der Waals surface area contributed by atoms with Gasteiger partial charge in [0.15, 0.2) is 0 Å². The molecule has 0 aromatic heterocycles. The van der Waals surface area contributed by atoms with Gasteiger partial charge in [-0.25, -0.2) is 0 Å². The monoisotopic (exact) mass is 188 g/mol. The molecular formula is C10H24N2O. The summed E-state index contributed by atoms with van der Waals surface area (Å²) in [7, 11) is 1.74. The van der Waals surface area contributed by atoms with E-state index in [4.69, 9.17) is 4.74 Å². The summed E-state index contributed by atoms with van der Waals surface area (Å²) in [5.74, 6) is 0. The van der Waals surface area contributed by atoms with Crippen molar-refractivity contribution in [1.29, 1.82) is 0 Å². The topological polar surface area (TPSA) is 33.3 Å². The Bertz CT molecular complexity index is 107. The molecular weight excluding hydrogens is 164 g/mol. The smallest absolute Gasteiger partial charge is 0.0474 e. The van der Waals surface area contributed by atoms with Gasteiger partial charge in [-0.2, -0.15) is 0 Å². The Hall–Kier alpha value is -0.120. The molecule has 3 heteroatoms. The summed E-state index contributed by atoms with van der Waals surface area (Å²) < 4.78 is 4.96. The largest absolute Gasteiger partial charge is 0.385 e. The minimum Gasteiger partial charge on any atom is -0.385 e. The van der Waals surface area contributed by atoms with Crippen LogP contribution in [0.2, 0.25) is 0 Å². The van der Waals surface area contributed by atoms with Crippen LogP contribution in [0.1, 0.15) is 27.2 Å². The van der Waals surface area contributed by atoms with Crippen LogP contribution in [0.15, 0.2) is 0 Å². The Kier molecular flexibility index (Phi) is 8.40. The Morgan fingerprint density at radius 2 is 1.92 bits per heavy atom. The van der Waals surface area contributed by atoms with Crippen molar-refractivity contribution < 1.29 is 4.74 Å². The number of ether oxygens (including phenoxy) is 1. The first-order valence-corrected chi connectivity index (χ1v) is 5.12. The van der Waals surface area contributed by atoms with Gasteiger partial charge in [0.05, 0.1) is 0 Å². The minimum atomic E-state index is 0.544. The number of hydrogen-bond donors (Lipinski definition) is 2. The molecule has 2 N–H and O–H groups in total. The average molecular weight is 188 g/mol. The van der Waals surface area contributed by atoms with E-state index in [1.54, 1.807) is 7.11 Å². The average Bonchev–Trinajstić information content (AvgIpc) is 2.02. The van der Waals surface area contributed by atoms with Crippen molar-refractivity contribution in [3.8, 4) is 0 Å². The zero-order valence-electron chi connectivity index (χ0n) is 9.39. The maximum atomic E-state index is 4.96. The van der Waals surface area contributed by atoms with Crippen LogP contribution in [0.5, 0.6) is 0 Å². The number of nitrogens with one attached hydrogen (secondary N) is 2. The SMILES string of the molecule is COCCCNCC(C)NC(C)C. The van der Waals surface area contributed by atoms with Gasteiger partial charge in [0.2, 0.25) is 0 Å². The van der Waals surface area contributed by atoms with Crippen molar-refractivity contribution in [3.05, 3.63) is 0 Å². The number of rotatable bonds is 8. The molecule has 0 heterocycles. The molecule has 0 aromatic rings. The predicted octanol–water partition coefficient (Wildman–Crippen LogP) is 0.999. The fourth-order valence-corrected chi connectivity index (χ4v) is 1.29. The molecule has 3 nitrogen and oxygen atoms in total. The van der Waals surface area contributed by atoms with Crippen LogP contribution in [0.4, 0.5) is 0 Å². The van der Waals surface area contributed by atoms with Gasteiger partial charge in [-0.3, -0.25) is 0 Å². The fourth-order valence-electron chi connectivity index (χ4n) is 1.29. The zero-order valence-corrected chi connectivity index (χ0v) is 9.39. The van der Waals surface area contributed by atoms with Crippen molar-refractivity contribution in [1.82, 2.24) is 10.6 Å². The molecule has 0 bridgehead atoms. The van der Waals surface area contributed by atoms with E-state index in [0.717, 1.165) is 26.1 Å². The van der Waals surface area contributed by atoms with Crippen molar-refractivity contribution in [2.45, 2.75) is 39.3 Å². The fraction of sp³-hybridized carbons (Fsp3) is 1.00.